The molecular weight excluding hydrogens is 291 g/mol. The van der Waals surface area contributed by atoms with E-state index >= 15 is 0 Å². The van der Waals surface area contributed by atoms with E-state index in [2.05, 4.69) is 5.92 Å². The number of hydrogen-bond donors (Lipinski definition) is 0. The van der Waals surface area contributed by atoms with Crippen LogP contribution in [0.1, 0.15) is 17.3 Å². The lowest BCUT2D eigenvalue weighted by molar-refractivity contribution is -0.177. The van der Waals surface area contributed by atoms with Gasteiger partial charge in [-0.25, -0.2) is 9.18 Å². The molecule has 1 aliphatic heterocycles. The molecule has 22 heavy (non-hydrogen) atoms. The summed E-state index contributed by atoms with van der Waals surface area (Å²) in [6.07, 6.45) is 4.97. The van der Waals surface area contributed by atoms with Crippen molar-refractivity contribution < 1.29 is 28.2 Å². The van der Waals surface area contributed by atoms with Crippen LogP contribution in [0.15, 0.2) is 42.2 Å². The fourth-order valence-electron chi connectivity index (χ4n) is 1.84. The van der Waals surface area contributed by atoms with Crippen molar-refractivity contribution >= 4 is 11.9 Å². The fourth-order valence-corrected chi connectivity index (χ4v) is 1.84. The van der Waals surface area contributed by atoms with Crippen LogP contribution in [0.25, 0.3) is 0 Å². The molecule has 0 N–H and O–H groups in total. The number of rotatable bonds is 4. The lowest BCUT2D eigenvalue weighted by atomic mass is 10.1. The van der Waals surface area contributed by atoms with E-state index < -0.39 is 36.3 Å². The number of ether oxygens (including phenoxy) is 3. The molecule has 0 radical (unpaired) electrons. The minimum absolute atomic E-state index is 0.300. The number of carbonyl (C=O) groups is 2. The zero-order valence-corrected chi connectivity index (χ0v) is 11.7. The summed E-state index contributed by atoms with van der Waals surface area (Å²) in [6.45, 7) is 0.623. The van der Waals surface area contributed by atoms with Crippen molar-refractivity contribution in [1.29, 1.82) is 0 Å². The third kappa shape index (κ3) is 3.32. The number of esters is 2. The van der Waals surface area contributed by atoms with Crippen molar-refractivity contribution in [3.05, 3.63) is 47.8 Å². The normalized spacial score (nSPS) is 23.3. The van der Waals surface area contributed by atoms with E-state index in [0.717, 1.165) is 13.0 Å². The topological polar surface area (TPSA) is 61.8 Å². The summed E-state index contributed by atoms with van der Waals surface area (Å²) in [6, 6.07) is 8.17. The van der Waals surface area contributed by atoms with Gasteiger partial charge in [0.25, 0.3) is 0 Å². The quantitative estimate of drug-likeness (QED) is 0.629. The summed E-state index contributed by atoms with van der Waals surface area (Å²) in [5, 5.41) is 0. The van der Waals surface area contributed by atoms with Gasteiger partial charge in [0.2, 0.25) is 11.9 Å². The number of hydrogen-bond acceptors (Lipinski definition) is 5. The minimum atomic E-state index is -1.88. The second-order valence-electron chi connectivity index (χ2n) is 4.52. The van der Waals surface area contributed by atoms with E-state index in [1.165, 1.54) is 0 Å². The molecule has 0 saturated carbocycles. The van der Waals surface area contributed by atoms with Crippen LogP contribution in [0.2, 0.25) is 0 Å². The van der Waals surface area contributed by atoms with Crippen LogP contribution in [0.5, 0.6) is 0 Å². The van der Waals surface area contributed by atoms with Crippen LogP contribution in [0, 0.1) is 12.3 Å². The first-order valence-electron chi connectivity index (χ1n) is 6.39. The smallest absolute Gasteiger partial charge is 0.338 e. The summed E-state index contributed by atoms with van der Waals surface area (Å²) in [5.41, 5.74) is -1.58. The van der Waals surface area contributed by atoms with Gasteiger partial charge in [-0.15, -0.1) is 6.42 Å². The van der Waals surface area contributed by atoms with Gasteiger partial charge in [0, 0.05) is 13.0 Å². The molecule has 0 bridgehead atoms. The van der Waals surface area contributed by atoms with Crippen LogP contribution in [0.4, 0.5) is 4.39 Å². The average molecular weight is 304 g/mol. The van der Waals surface area contributed by atoms with Crippen molar-refractivity contribution in [3.8, 4) is 12.3 Å². The first kappa shape index (κ1) is 15.7. The lowest BCUT2D eigenvalue weighted by Crippen LogP contribution is -2.37. The standard InChI is InChI=1S/C16H13FO5/c1-3-16(13(17)9-14(22-16)21-11(2)18)10-20-15(19)12-7-5-4-6-8-12/h1,4-9,14H,10H2,2H3/t14?,16-/m1/s1. The van der Waals surface area contributed by atoms with Gasteiger partial charge >= 0.3 is 11.9 Å². The average Bonchev–Trinajstić information content (AvgIpc) is 2.81. The van der Waals surface area contributed by atoms with Gasteiger partial charge in [0.15, 0.2) is 5.83 Å². The maximum absolute atomic E-state index is 14.0. The van der Waals surface area contributed by atoms with Gasteiger partial charge in [0.05, 0.1) is 5.56 Å². The molecule has 0 amide bonds. The molecule has 6 heteroatoms. The Kier molecular flexibility index (Phi) is 4.59. The van der Waals surface area contributed by atoms with Crippen LogP contribution in [-0.4, -0.2) is 30.4 Å². The highest BCUT2D eigenvalue weighted by atomic mass is 19.1. The molecule has 2 atom stereocenters. The Labute approximate surface area is 126 Å². The largest absolute Gasteiger partial charge is 0.457 e. The lowest BCUT2D eigenvalue weighted by Gasteiger charge is -2.23. The number of benzene rings is 1. The zero-order valence-electron chi connectivity index (χ0n) is 11.7. The van der Waals surface area contributed by atoms with Crippen LogP contribution >= 0.6 is 0 Å². The maximum Gasteiger partial charge on any atom is 0.338 e. The summed E-state index contributed by atoms with van der Waals surface area (Å²) in [5.74, 6) is -0.0562. The van der Waals surface area contributed by atoms with Gasteiger partial charge < -0.3 is 14.2 Å². The summed E-state index contributed by atoms with van der Waals surface area (Å²) >= 11 is 0. The molecule has 1 heterocycles. The molecular formula is C16H13FO5. The summed E-state index contributed by atoms with van der Waals surface area (Å²) in [7, 11) is 0. The molecule has 2 rings (SSSR count). The molecule has 114 valence electrons. The molecule has 0 spiro atoms. The van der Waals surface area contributed by atoms with Gasteiger partial charge in [-0.2, -0.15) is 0 Å². The van der Waals surface area contributed by atoms with Crippen LogP contribution in [0.3, 0.4) is 0 Å². The van der Waals surface area contributed by atoms with Crippen LogP contribution < -0.4 is 0 Å². The molecule has 1 aromatic carbocycles. The molecule has 1 aromatic rings. The third-order valence-corrected chi connectivity index (χ3v) is 2.92. The highest BCUT2D eigenvalue weighted by Crippen LogP contribution is 2.32. The van der Waals surface area contributed by atoms with Gasteiger partial charge in [-0.3, -0.25) is 4.79 Å². The Morgan fingerprint density at radius 2 is 2.09 bits per heavy atom. The molecule has 1 unspecified atom stereocenters. The monoisotopic (exact) mass is 304 g/mol. The predicted octanol–water partition coefficient (Wildman–Crippen LogP) is 1.99. The molecule has 0 aliphatic carbocycles. The van der Waals surface area contributed by atoms with E-state index in [-0.39, 0.29) is 0 Å². The molecule has 0 fully saturated rings. The molecule has 0 aromatic heterocycles. The Morgan fingerprint density at radius 3 is 2.68 bits per heavy atom. The Hall–Kier alpha value is -2.65. The van der Waals surface area contributed by atoms with E-state index in [1.807, 2.05) is 0 Å². The maximum atomic E-state index is 14.0. The molecule has 5 nitrogen and oxygen atoms in total. The Morgan fingerprint density at radius 1 is 1.41 bits per heavy atom. The molecule has 1 aliphatic rings. The van der Waals surface area contributed by atoms with E-state index in [1.54, 1.807) is 30.3 Å². The zero-order chi connectivity index (χ0) is 16.2. The third-order valence-electron chi connectivity index (χ3n) is 2.92. The van der Waals surface area contributed by atoms with Gasteiger partial charge in [-0.05, 0) is 12.1 Å². The van der Waals surface area contributed by atoms with Gasteiger partial charge in [-0.1, -0.05) is 24.1 Å². The number of terminal acetylenes is 1. The summed E-state index contributed by atoms with van der Waals surface area (Å²) in [4.78, 5) is 22.7. The van der Waals surface area contributed by atoms with E-state index in [4.69, 9.17) is 20.6 Å². The van der Waals surface area contributed by atoms with E-state index in [0.29, 0.717) is 5.56 Å². The highest BCUT2D eigenvalue weighted by Gasteiger charge is 2.45. The van der Waals surface area contributed by atoms with Crippen molar-refractivity contribution in [2.75, 3.05) is 6.61 Å². The van der Waals surface area contributed by atoms with Crippen LogP contribution in [-0.2, 0) is 19.0 Å². The highest BCUT2D eigenvalue weighted by molar-refractivity contribution is 5.89. The first-order chi connectivity index (χ1) is 10.5. The SMILES string of the molecule is C#C[C@]1(COC(=O)c2ccccc2)OC(OC(C)=O)C=C1F. The van der Waals surface area contributed by atoms with Crippen molar-refractivity contribution in [2.45, 2.75) is 18.8 Å². The number of halogens is 1. The second-order valence-corrected chi connectivity index (χ2v) is 4.52. The van der Waals surface area contributed by atoms with Crippen molar-refractivity contribution in [2.24, 2.45) is 0 Å². The first-order valence-corrected chi connectivity index (χ1v) is 6.39. The fraction of sp³-hybridized carbons (Fsp3) is 0.250. The van der Waals surface area contributed by atoms with E-state index in [9.17, 15) is 14.0 Å². The Bertz CT molecular complexity index is 646. The Balaban J connectivity index is 2.04. The number of carbonyl (C=O) groups excluding carboxylic acids is 2. The van der Waals surface area contributed by atoms with Crippen molar-refractivity contribution in [3.63, 3.8) is 0 Å². The predicted molar refractivity (Wildman–Crippen MR) is 74.1 cm³/mol. The minimum Gasteiger partial charge on any atom is -0.457 e. The van der Waals surface area contributed by atoms with Crippen molar-refractivity contribution in [1.82, 2.24) is 0 Å². The second kappa shape index (κ2) is 6.41. The van der Waals surface area contributed by atoms with Gasteiger partial charge in [0.1, 0.15) is 6.61 Å². The summed E-state index contributed by atoms with van der Waals surface area (Å²) < 4.78 is 28.9. The molecule has 0 saturated heterocycles.